The van der Waals surface area contributed by atoms with E-state index in [0.29, 0.717) is 5.92 Å². The van der Waals surface area contributed by atoms with Gasteiger partial charge in [0.25, 0.3) is 0 Å². The fraction of sp³-hybridized carbons (Fsp3) is 0.226. The molecule has 0 aliphatic rings. The summed E-state index contributed by atoms with van der Waals surface area (Å²) in [6.45, 7) is 10.6. The summed E-state index contributed by atoms with van der Waals surface area (Å²) in [5, 5.41) is 0. The van der Waals surface area contributed by atoms with E-state index in [0.717, 1.165) is 29.4 Å². The Hall–Kier alpha value is -3.52. The Bertz CT molecular complexity index is 1120. The molecule has 0 bridgehead atoms. The molecule has 0 N–H and O–H groups in total. The van der Waals surface area contributed by atoms with E-state index in [9.17, 15) is 0 Å². The van der Waals surface area contributed by atoms with Crippen LogP contribution in [0.2, 0.25) is 0 Å². The van der Waals surface area contributed by atoms with Gasteiger partial charge in [0.05, 0.1) is 0 Å². The largest absolute Gasteiger partial charge is 0.457 e. The van der Waals surface area contributed by atoms with Crippen LogP contribution in [-0.4, -0.2) is 0 Å². The molecule has 4 aromatic rings. The average molecular weight is 437 g/mol. The maximum absolute atomic E-state index is 6.14. The minimum absolute atomic E-state index is 0.328. The van der Waals surface area contributed by atoms with Gasteiger partial charge in [-0.25, -0.2) is 0 Å². The Morgan fingerprint density at radius 3 is 1.30 bits per heavy atom. The van der Waals surface area contributed by atoms with E-state index >= 15 is 0 Å². The van der Waals surface area contributed by atoms with Gasteiger partial charge in [-0.2, -0.15) is 0 Å². The Morgan fingerprint density at radius 2 is 0.939 bits per heavy atom. The standard InChI is InChI=1S/C31H32O2/c1-6-29(25-13-17-27(18-14-25)32-30-11-7-9-21(2)23(30)4)26-15-19-28(20-16-26)33-31-12-8-10-22(3)24(31)5/h7-20,29H,6H2,1-5H3. The van der Waals surface area contributed by atoms with Crippen molar-refractivity contribution in [3.63, 3.8) is 0 Å². The summed E-state index contributed by atoms with van der Waals surface area (Å²) in [7, 11) is 0. The lowest BCUT2D eigenvalue weighted by Gasteiger charge is -2.18. The zero-order valence-electron chi connectivity index (χ0n) is 20.2. The predicted molar refractivity (Wildman–Crippen MR) is 137 cm³/mol. The summed E-state index contributed by atoms with van der Waals surface area (Å²) >= 11 is 0. The van der Waals surface area contributed by atoms with Gasteiger partial charge in [0.1, 0.15) is 23.0 Å². The van der Waals surface area contributed by atoms with Gasteiger partial charge in [-0.05, 0) is 104 Å². The van der Waals surface area contributed by atoms with Crippen molar-refractivity contribution in [1.29, 1.82) is 0 Å². The fourth-order valence-electron chi connectivity index (χ4n) is 4.12. The minimum atomic E-state index is 0.328. The molecule has 0 aliphatic carbocycles. The predicted octanol–water partition coefficient (Wildman–Crippen LogP) is 9.05. The summed E-state index contributed by atoms with van der Waals surface area (Å²) < 4.78 is 12.3. The highest BCUT2D eigenvalue weighted by Gasteiger charge is 2.13. The van der Waals surface area contributed by atoms with Crippen LogP contribution in [0, 0.1) is 27.7 Å². The third-order valence-electron chi connectivity index (χ3n) is 6.54. The Kier molecular flexibility index (Phi) is 6.84. The van der Waals surface area contributed by atoms with Crippen molar-refractivity contribution >= 4 is 0 Å². The summed E-state index contributed by atoms with van der Waals surface area (Å²) in [6.07, 6.45) is 1.02. The molecule has 0 spiro atoms. The van der Waals surface area contributed by atoms with E-state index in [4.69, 9.17) is 9.47 Å². The number of hydrogen-bond acceptors (Lipinski definition) is 2. The molecular weight excluding hydrogens is 404 g/mol. The summed E-state index contributed by atoms with van der Waals surface area (Å²) in [6, 6.07) is 29.3. The van der Waals surface area contributed by atoms with Crippen LogP contribution in [0.25, 0.3) is 0 Å². The van der Waals surface area contributed by atoms with Crippen molar-refractivity contribution < 1.29 is 9.47 Å². The van der Waals surface area contributed by atoms with E-state index in [-0.39, 0.29) is 0 Å². The molecule has 0 fully saturated rings. The minimum Gasteiger partial charge on any atom is -0.457 e. The molecule has 0 aromatic heterocycles. The molecule has 4 aromatic carbocycles. The van der Waals surface area contributed by atoms with Gasteiger partial charge < -0.3 is 9.47 Å². The third-order valence-corrected chi connectivity index (χ3v) is 6.54. The van der Waals surface area contributed by atoms with Crippen molar-refractivity contribution in [3.8, 4) is 23.0 Å². The molecule has 0 unspecified atom stereocenters. The van der Waals surface area contributed by atoms with Gasteiger partial charge in [0.15, 0.2) is 0 Å². The third kappa shape index (κ3) is 5.12. The fourth-order valence-corrected chi connectivity index (χ4v) is 4.12. The molecule has 0 saturated heterocycles. The summed E-state index contributed by atoms with van der Waals surface area (Å²) in [5.74, 6) is 3.87. The first-order valence-corrected chi connectivity index (χ1v) is 11.6. The van der Waals surface area contributed by atoms with E-state index in [1.54, 1.807) is 0 Å². The molecule has 2 nitrogen and oxygen atoms in total. The van der Waals surface area contributed by atoms with E-state index in [2.05, 4.69) is 95.3 Å². The SMILES string of the molecule is CCC(c1ccc(Oc2cccc(C)c2C)cc1)c1ccc(Oc2cccc(C)c2C)cc1. The van der Waals surface area contributed by atoms with Gasteiger partial charge in [-0.15, -0.1) is 0 Å². The van der Waals surface area contributed by atoms with Crippen molar-refractivity contribution in [1.82, 2.24) is 0 Å². The van der Waals surface area contributed by atoms with Gasteiger partial charge in [-0.3, -0.25) is 0 Å². The molecular formula is C31H32O2. The number of ether oxygens (including phenoxy) is 2. The highest BCUT2D eigenvalue weighted by Crippen LogP contribution is 2.33. The second kappa shape index (κ2) is 9.95. The van der Waals surface area contributed by atoms with Crippen LogP contribution in [0.1, 0.15) is 52.6 Å². The lowest BCUT2D eigenvalue weighted by atomic mass is 9.89. The summed E-state index contributed by atoms with van der Waals surface area (Å²) in [5.41, 5.74) is 7.40. The number of aryl methyl sites for hydroxylation is 2. The lowest BCUT2D eigenvalue weighted by molar-refractivity contribution is 0.478. The first kappa shape index (κ1) is 22.7. The first-order valence-electron chi connectivity index (χ1n) is 11.6. The Balaban J connectivity index is 1.49. The van der Waals surface area contributed by atoms with Gasteiger partial charge in [0, 0.05) is 5.92 Å². The van der Waals surface area contributed by atoms with Crippen molar-refractivity contribution in [2.24, 2.45) is 0 Å². The van der Waals surface area contributed by atoms with Crippen LogP contribution in [0.15, 0.2) is 84.9 Å². The van der Waals surface area contributed by atoms with Gasteiger partial charge in [-0.1, -0.05) is 55.5 Å². The molecule has 33 heavy (non-hydrogen) atoms. The highest BCUT2D eigenvalue weighted by molar-refractivity contribution is 5.45. The number of rotatable bonds is 7. The van der Waals surface area contributed by atoms with Crippen LogP contribution in [0.4, 0.5) is 0 Å². The normalized spacial score (nSPS) is 11.0. The molecule has 0 radical (unpaired) electrons. The molecule has 0 aliphatic heterocycles. The van der Waals surface area contributed by atoms with Crippen LogP contribution in [-0.2, 0) is 0 Å². The monoisotopic (exact) mass is 436 g/mol. The van der Waals surface area contributed by atoms with E-state index in [1.165, 1.54) is 33.4 Å². The molecule has 0 atom stereocenters. The highest BCUT2D eigenvalue weighted by atomic mass is 16.5. The molecule has 168 valence electrons. The second-order valence-electron chi connectivity index (χ2n) is 8.70. The van der Waals surface area contributed by atoms with Crippen molar-refractivity contribution in [2.75, 3.05) is 0 Å². The Morgan fingerprint density at radius 1 is 0.545 bits per heavy atom. The molecule has 4 rings (SSSR count). The maximum atomic E-state index is 6.14. The van der Waals surface area contributed by atoms with Gasteiger partial charge in [0.2, 0.25) is 0 Å². The van der Waals surface area contributed by atoms with Crippen molar-refractivity contribution in [2.45, 2.75) is 47.0 Å². The smallest absolute Gasteiger partial charge is 0.130 e. The topological polar surface area (TPSA) is 18.5 Å². The van der Waals surface area contributed by atoms with Crippen LogP contribution >= 0.6 is 0 Å². The first-order chi connectivity index (χ1) is 16.0. The molecule has 0 amide bonds. The van der Waals surface area contributed by atoms with E-state index in [1.807, 2.05) is 24.3 Å². The zero-order valence-corrected chi connectivity index (χ0v) is 20.2. The second-order valence-corrected chi connectivity index (χ2v) is 8.70. The van der Waals surface area contributed by atoms with Crippen LogP contribution in [0.3, 0.4) is 0 Å². The van der Waals surface area contributed by atoms with Crippen molar-refractivity contribution in [3.05, 3.63) is 118 Å². The zero-order chi connectivity index (χ0) is 23.4. The average Bonchev–Trinajstić information content (AvgIpc) is 2.82. The summed E-state index contributed by atoms with van der Waals surface area (Å²) in [4.78, 5) is 0. The molecule has 0 saturated carbocycles. The lowest BCUT2D eigenvalue weighted by Crippen LogP contribution is -2.00. The quantitative estimate of drug-likeness (QED) is 0.288. The van der Waals surface area contributed by atoms with E-state index < -0.39 is 0 Å². The van der Waals surface area contributed by atoms with Crippen LogP contribution in [0.5, 0.6) is 23.0 Å². The van der Waals surface area contributed by atoms with Crippen LogP contribution < -0.4 is 9.47 Å². The number of hydrogen-bond donors (Lipinski definition) is 0. The number of benzene rings is 4. The maximum Gasteiger partial charge on any atom is 0.130 e. The Labute approximate surface area is 197 Å². The molecule has 2 heteroatoms. The molecule has 0 heterocycles. The van der Waals surface area contributed by atoms with Gasteiger partial charge >= 0.3 is 0 Å².